The number of likely N-dealkylation sites (N-methyl/N-ethyl adjacent to an activating group) is 1. The molecule has 0 aromatic heterocycles. The lowest BCUT2D eigenvalue weighted by atomic mass is 10.3. The minimum atomic E-state index is 0.317. The summed E-state index contributed by atoms with van der Waals surface area (Å²) in [5.41, 5.74) is 0. The number of hydrogen-bond acceptors (Lipinski definition) is 3. The zero-order chi connectivity index (χ0) is 9.94. The predicted molar refractivity (Wildman–Crippen MR) is 57.0 cm³/mol. The third-order valence-electron chi connectivity index (χ3n) is 2.26. The van der Waals surface area contributed by atoms with Crippen LogP contribution in [0.1, 0.15) is 26.7 Å². The average Bonchev–Trinajstić information content (AvgIpc) is 2.17. The van der Waals surface area contributed by atoms with Crippen molar-refractivity contribution in [2.75, 3.05) is 39.3 Å². The van der Waals surface area contributed by atoms with Gasteiger partial charge in [0.15, 0.2) is 0 Å². The van der Waals surface area contributed by atoms with Crippen LogP contribution in [0.3, 0.4) is 0 Å². The highest BCUT2D eigenvalue weighted by molar-refractivity contribution is 4.55. The third-order valence-corrected chi connectivity index (χ3v) is 2.26. The molecule has 0 saturated heterocycles. The monoisotopic (exact) mass is 188 g/mol. The largest absolute Gasteiger partial charge is 0.396 e. The standard InChI is InChI=1S/C10H24N2O/c1-3-12(4-2)9-8-11-7-5-6-10-13/h11,13H,3-10H2,1-2H3. The molecule has 0 atom stereocenters. The minimum absolute atomic E-state index is 0.317. The molecule has 0 aliphatic carbocycles. The molecule has 0 amide bonds. The van der Waals surface area contributed by atoms with E-state index < -0.39 is 0 Å². The molecule has 3 heteroatoms. The zero-order valence-corrected chi connectivity index (χ0v) is 9.05. The van der Waals surface area contributed by atoms with Gasteiger partial charge in [-0.3, -0.25) is 0 Å². The summed E-state index contributed by atoms with van der Waals surface area (Å²) in [5.74, 6) is 0. The van der Waals surface area contributed by atoms with Crippen LogP contribution in [0.25, 0.3) is 0 Å². The summed E-state index contributed by atoms with van der Waals surface area (Å²) in [5, 5.41) is 11.9. The fourth-order valence-electron chi connectivity index (χ4n) is 1.26. The van der Waals surface area contributed by atoms with E-state index in [4.69, 9.17) is 5.11 Å². The van der Waals surface area contributed by atoms with E-state index in [2.05, 4.69) is 24.1 Å². The van der Waals surface area contributed by atoms with Crippen molar-refractivity contribution < 1.29 is 5.11 Å². The van der Waals surface area contributed by atoms with Gasteiger partial charge in [0.2, 0.25) is 0 Å². The van der Waals surface area contributed by atoms with Gasteiger partial charge in [-0.2, -0.15) is 0 Å². The highest BCUT2D eigenvalue weighted by Crippen LogP contribution is 1.86. The SMILES string of the molecule is CCN(CC)CCNCCCCO. The lowest BCUT2D eigenvalue weighted by molar-refractivity contribution is 0.280. The van der Waals surface area contributed by atoms with Crippen LogP contribution in [-0.2, 0) is 0 Å². The van der Waals surface area contributed by atoms with Gasteiger partial charge in [0.05, 0.1) is 0 Å². The van der Waals surface area contributed by atoms with E-state index in [1.54, 1.807) is 0 Å². The van der Waals surface area contributed by atoms with Gasteiger partial charge in [0.25, 0.3) is 0 Å². The zero-order valence-electron chi connectivity index (χ0n) is 9.05. The second kappa shape index (κ2) is 9.96. The Morgan fingerprint density at radius 2 is 1.77 bits per heavy atom. The maximum Gasteiger partial charge on any atom is 0.0431 e. The molecule has 0 aliphatic heterocycles. The smallest absolute Gasteiger partial charge is 0.0431 e. The van der Waals surface area contributed by atoms with Crippen LogP contribution < -0.4 is 5.32 Å². The van der Waals surface area contributed by atoms with Crippen LogP contribution >= 0.6 is 0 Å². The van der Waals surface area contributed by atoms with Crippen molar-refractivity contribution in [1.82, 2.24) is 10.2 Å². The summed E-state index contributed by atoms with van der Waals surface area (Å²) in [6.45, 7) is 10.2. The Bertz CT molecular complexity index is 94.9. The second-order valence-corrected chi connectivity index (χ2v) is 3.21. The number of nitrogens with one attached hydrogen (secondary N) is 1. The van der Waals surface area contributed by atoms with Crippen LogP contribution in [0, 0.1) is 0 Å². The lowest BCUT2D eigenvalue weighted by Crippen LogP contribution is -2.32. The molecule has 0 aromatic carbocycles. The van der Waals surface area contributed by atoms with Gasteiger partial charge in [0, 0.05) is 19.7 Å². The second-order valence-electron chi connectivity index (χ2n) is 3.21. The predicted octanol–water partition coefficient (Wildman–Crippen LogP) is 0.690. The summed E-state index contributed by atoms with van der Waals surface area (Å²) in [6.07, 6.45) is 1.99. The average molecular weight is 188 g/mol. The molecule has 0 radical (unpaired) electrons. The van der Waals surface area contributed by atoms with Crippen LogP contribution in [-0.4, -0.2) is 49.3 Å². The van der Waals surface area contributed by atoms with Gasteiger partial charge in [-0.25, -0.2) is 0 Å². The van der Waals surface area contributed by atoms with E-state index in [1.807, 2.05) is 0 Å². The third kappa shape index (κ3) is 8.22. The maximum absolute atomic E-state index is 8.55. The number of aliphatic hydroxyl groups is 1. The molecule has 0 heterocycles. The van der Waals surface area contributed by atoms with Crippen LogP contribution in [0.15, 0.2) is 0 Å². The van der Waals surface area contributed by atoms with Gasteiger partial charge in [-0.15, -0.1) is 0 Å². The maximum atomic E-state index is 8.55. The number of nitrogens with zero attached hydrogens (tertiary/aromatic N) is 1. The molecule has 0 unspecified atom stereocenters. The van der Waals surface area contributed by atoms with Crippen molar-refractivity contribution in [3.63, 3.8) is 0 Å². The summed E-state index contributed by atoms with van der Waals surface area (Å²) < 4.78 is 0. The van der Waals surface area contributed by atoms with Crippen molar-refractivity contribution in [2.45, 2.75) is 26.7 Å². The fourth-order valence-corrected chi connectivity index (χ4v) is 1.26. The Hall–Kier alpha value is -0.120. The van der Waals surface area contributed by atoms with Crippen molar-refractivity contribution >= 4 is 0 Å². The first-order chi connectivity index (χ1) is 6.35. The van der Waals surface area contributed by atoms with Crippen LogP contribution in [0.2, 0.25) is 0 Å². The first-order valence-electron chi connectivity index (χ1n) is 5.39. The van der Waals surface area contributed by atoms with Gasteiger partial charge in [0.1, 0.15) is 0 Å². The molecule has 0 bridgehead atoms. The van der Waals surface area contributed by atoms with Crippen molar-refractivity contribution in [3.8, 4) is 0 Å². The number of hydrogen-bond donors (Lipinski definition) is 2. The lowest BCUT2D eigenvalue weighted by Gasteiger charge is -2.17. The number of unbranched alkanes of at least 4 members (excludes halogenated alkanes) is 1. The Balaban J connectivity index is 3.05. The van der Waals surface area contributed by atoms with Crippen molar-refractivity contribution in [1.29, 1.82) is 0 Å². The molecule has 0 aromatic rings. The minimum Gasteiger partial charge on any atom is -0.396 e. The molecule has 0 saturated carbocycles. The van der Waals surface area contributed by atoms with Gasteiger partial charge >= 0.3 is 0 Å². The molecule has 0 spiro atoms. The summed E-state index contributed by atoms with van der Waals surface area (Å²) >= 11 is 0. The van der Waals surface area contributed by atoms with Crippen molar-refractivity contribution in [2.24, 2.45) is 0 Å². The van der Waals surface area contributed by atoms with E-state index in [9.17, 15) is 0 Å². The van der Waals surface area contributed by atoms with E-state index in [0.29, 0.717) is 6.61 Å². The van der Waals surface area contributed by atoms with E-state index in [1.165, 1.54) is 0 Å². The normalized spacial score (nSPS) is 11.1. The Morgan fingerprint density at radius 1 is 1.08 bits per heavy atom. The summed E-state index contributed by atoms with van der Waals surface area (Å²) in [6, 6.07) is 0. The van der Waals surface area contributed by atoms with Gasteiger partial charge < -0.3 is 15.3 Å². The molecule has 0 fully saturated rings. The summed E-state index contributed by atoms with van der Waals surface area (Å²) in [4.78, 5) is 2.40. The van der Waals surface area contributed by atoms with Crippen LogP contribution in [0.4, 0.5) is 0 Å². The number of rotatable bonds is 9. The van der Waals surface area contributed by atoms with Gasteiger partial charge in [-0.05, 0) is 32.5 Å². The molecular weight excluding hydrogens is 164 g/mol. The quantitative estimate of drug-likeness (QED) is 0.523. The Kier molecular flexibility index (Phi) is 9.87. The first kappa shape index (κ1) is 12.9. The molecule has 3 nitrogen and oxygen atoms in total. The highest BCUT2D eigenvalue weighted by atomic mass is 16.2. The Morgan fingerprint density at radius 3 is 2.31 bits per heavy atom. The molecule has 13 heavy (non-hydrogen) atoms. The highest BCUT2D eigenvalue weighted by Gasteiger charge is 1.96. The number of aliphatic hydroxyl groups excluding tert-OH is 1. The molecule has 0 rings (SSSR count). The van der Waals surface area contributed by atoms with E-state index in [0.717, 1.165) is 45.6 Å². The molecule has 80 valence electrons. The Labute approximate surface area is 82.1 Å². The molecule has 2 N–H and O–H groups in total. The van der Waals surface area contributed by atoms with E-state index >= 15 is 0 Å². The molecular formula is C10H24N2O. The molecule has 0 aliphatic rings. The van der Waals surface area contributed by atoms with Crippen LogP contribution in [0.5, 0.6) is 0 Å². The van der Waals surface area contributed by atoms with Crippen molar-refractivity contribution in [3.05, 3.63) is 0 Å². The summed E-state index contributed by atoms with van der Waals surface area (Å²) in [7, 11) is 0. The first-order valence-corrected chi connectivity index (χ1v) is 5.39. The fraction of sp³-hybridized carbons (Fsp3) is 1.00. The van der Waals surface area contributed by atoms with E-state index in [-0.39, 0.29) is 0 Å². The topological polar surface area (TPSA) is 35.5 Å². The van der Waals surface area contributed by atoms with Gasteiger partial charge in [-0.1, -0.05) is 13.8 Å².